The molecule has 0 N–H and O–H groups in total. The molecule has 3 heteroatoms. The van der Waals surface area contributed by atoms with Crippen LogP contribution in [0, 0.1) is 11.3 Å². The van der Waals surface area contributed by atoms with Gasteiger partial charge in [0.25, 0.3) is 5.92 Å². The number of rotatable bonds is 4. The molecule has 0 saturated heterocycles. The van der Waals surface area contributed by atoms with Crippen LogP contribution in [-0.4, -0.2) is 0 Å². The molecule has 0 radical (unpaired) electrons. The fourth-order valence-corrected chi connectivity index (χ4v) is 2.08. The van der Waals surface area contributed by atoms with Crippen LogP contribution in [0.2, 0.25) is 0 Å². The van der Waals surface area contributed by atoms with E-state index in [0.717, 1.165) is 18.4 Å². The maximum Gasteiger partial charge on any atom is 0.273 e. The molecule has 90 valence electrons. The summed E-state index contributed by atoms with van der Waals surface area (Å²) in [5.41, 5.74) is 0.534. The van der Waals surface area contributed by atoms with E-state index in [1.807, 2.05) is 0 Å². The van der Waals surface area contributed by atoms with Gasteiger partial charge >= 0.3 is 0 Å². The molecule has 1 saturated carbocycles. The molecule has 0 bridgehead atoms. The Morgan fingerprint density at radius 3 is 2.29 bits per heavy atom. The van der Waals surface area contributed by atoms with Crippen molar-refractivity contribution in [1.29, 1.82) is 5.26 Å². The molecular formula is C14H15F2N. The Morgan fingerprint density at radius 2 is 1.88 bits per heavy atom. The predicted molar refractivity (Wildman–Crippen MR) is 61.8 cm³/mol. The maximum absolute atomic E-state index is 13.6. The molecule has 1 nitrogen and oxygen atoms in total. The van der Waals surface area contributed by atoms with Crippen molar-refractivity contribution in [2.24, 2.45) is 0 Å². The van der Waals surface area contributed by atoms with Crippen LogP contribution in [-0.2, 0) is 11.3 Å². The highest BCUT2D eigenvalue weighted by Gasteiger charge is 2.45. The van der Waals surface area contributed by atoms with Crippen molar-refractivity contribution in [2.45, 2.75) is 43.9 Å². The van der Waals surface area contributed by atoms with Crippen LogP contribution >= 0.6 is 0 Å². The minimum absolute atomic E-state index is 0.0526. The molecule has 2 rings (SSSR count). The molecule has 1 fully saturated rings. The van der Waals surface area contributed by atoms with Gasteiger partial charge in [-0.15, -0.1) is 0 Å². The summed E-state index contributed by atoms with van der Waals surface area (Å²) in [6.45, 7) is 1.75. The number of halogens is 2. The van der Waals surface area contributed by atoms with E-state index < -0.39 is 11.3 Å². The molecule has 17 heavy (non-hydrogen) atoms. The molecule has 0 heterocycles. The Hall–Kier alpha value is -1.43. The van der Waals surface area contributed by atoms with E-state index in [0.29, 0.717) is 6.42 Å². The molecule has 1 aliphatic rings. The summed E-state index contributed by atoms with van der Waals surface area (Å²) in [5.74, 6) is -2.75. The molecule has 1 aromatic carbocycles. The number of alkyl halides is 2. The van der Waals surface area contributed by atoms with Gasteiger partial charge in [-0.3, -0.25) is 0 Å². The van der Waals surface area contributed by atoms with E-state index >= 15 is 0 Å². The van der Waals surface area contributed by atoms with Gasteiger partial charge < -0.3 is 0 Å². The maximum atomic E-state index is 13.6. The van der Waals surface area contributed by atoms with Gasteiger partial charge in [-0.2, -0.15) is 5.26 Å². The Bertz CT molecular complexity index is 438. The monoisotopic (exact) mass is 235 g/mol. The second-order valence-electron chi connectivity index (χ2n) is 4.73. The van der Waals surface area contributed by atoms with E-state index in [1.54, 1.807) is 19.1 Å². The summed E-state index contributed by atoms with van der Waals surface area (Å²) in [4.78, 5) is 0. The van der Waals surface area contributed by atoms with Gasteiger partial charge in [-0.1, -0.05) is 37.6 Å². The van der Waals surface area contributed by atoms with Crippen molar-refractivity contribution in [3.05, 3.63) is 35.4 Å². The first-order valence-corrected chi connectivity index (χ1v) is 5.94. The molecule has 0 atom stereocenters. The van der Waals surface area contributed by atoms with Gasteiger partial charge in [0, 0.05) is 12.0 Å². The average Bonchev–Trinajstić information content (AvgIpc) is 3.10. The first kappa shape index (κ1) is 12.0. The summed E-state index contributed by atoms with van der Waals surface area (Å²) < 4.78 is 27.2. The lowest BCUT2D eigenvalue weighted by atomic mass is 9.94. The number of hydrogen-bond acceptors (Lipinski definition) is 1. The largest absolute Gasteiger partial charge is 0.273 e. The number of nitrogens with zero attached hydrogens (tertiary/aromatic N) is 1. The third kappa shape index (κ3) is 2.17. The summed E-state index contributed by atoms with van der Waals surface area (Å²) in [7, 11) is 0. The topological polar surface area (TPSA) is 23.8 Å². The van der Waals surface area contributed by atoms with Crippen molar-refractivity contribution in [3.63, 3.8) is 0 Å². The van der Waals surface area contributed by atoms with Crippen LogP contribution in [0.4, 0.5) is 8.78 Å². The van der Waals surface area contributed by atoms with Gasteiger partial charge in [-0.25, -0.2) is 8.78 Å². The van der Waals surface area contributed by atoms with Crippen molar-refractivity contribution >= 4 is 0 Å². The fourth-order valence-electron chi connectivity index (χ4n) is 2.08. The molecule has 0 aromatic heterocycles. The predicted octanol–water partition coefficient (Wildman–Crippen LogP) is 4.13. The van der Waals surface area contributed by atoms with E-state index in [2.05, 4.69) is 6.07 Å². The molecule has 0 spiro atoms. The second-order valence-corrected chi connectivity index (χ2v) is 4.73. The molecule has 0 amide bonds. The summed E-state index contributed by atoms with van der Waals surface area (Å²) in [6.07, 6.45) is 2.01. The van der Waals surface area contributed by atoms with Crippen LogP contribution in [0.1, 0.15) is 43.7 Å². The van der Waals surface area contributed by atoms with Crippen LogP contribution in [0.15, 0.2) is 24.3 Å². The fraction of sp³-hybridized carbons (Fsp3) is 0.500. The smallest absolute Gasteiger partial charge is 0.201 e. The van der Waals surface area contributed by atoms with E-state index in [1.165, 1.54) is 12.1 Å². The van der Waals surface area contributed by atoms with Crippen LogP contribution in [0.5, 0.6) is 0 Å². The third-order valence-electron chi connectivity index (χ3n) is 3.39. The molecule has 0 unspecified atom stereocenters. The van der Waals surface area contributed by atoms with Gasteiger partial charge in [0.15, 0.2) is 0 Å². The Morgan fingerprint density at radius 1 is 1.29 bits per heavy atom. The molecule has 1 aromatic rings. The Labute approximate surface area is 100 Å². The normalized spacial score (nSPS) is 17.5. The quantitative estimate of drug-likeness (QED) is 0.769. The average molecular weight is 235 g/mol. The molecular weight excluding hydrogens is 220 g/mol. The lowest BCUT2D eigenvalue weighted by Crippen LogP contribution is -2.13. The zero-order valence-electron chi connectivity index (χ0n) is 9.84. The molecule has 0 aliphatic heterocycles. The SMILES string of the molecule is CCCC(F)(F)c1ccc(C2(C#N)CC2)cc1. The summed E-state index contributed by atoms with van der Waals surface area (Å²) in [6, 6.07) is 8.54. The molecule has 1 aliphatic carbocycles. The lowest BCUT2D eigenvalue weighted by molar-refractivity contribution is -0.0140. The van der Waals surface area contributed by atoms with Crippen LogP contribution in [0.3, 0.4) is 0 Å². The summed E-state index contributed by atoms with van der Waals surface area (Å²) in [5, 5.41) is 9.03. The van der Waals surface area contributed by atoms with Crippen molar-refractivity contribution < 1.29 is 8.78 Å². The Kier molecular flexibility index (Phi) is 2.91. The van der Waals surface area contributed by atoms with Gasteiger partial charge in [0.1, 0.15) is 0 Å². The van der Waals surface area contributed by atoms with E-state index in [-0.39, 0.29) is 12.0 Å². The van der Waals surface area contributed by atoms with Crippen LogP contribution in [0.25, 0.3) is 0 Å². The van der Waals surface area contributed by atoms with Gasteiger partial charge in [0.05, 0.1) is 11.5 Å². The van der Waals surface area contributed by atoms with Crippen LogP contribution < -0.4 is 0 Å². The third-order valence-corrected chi connectivity index (χ3v) is 3.39. The standard InChI is InChI=1S/C14H15F2N/c1-2-7-14(15,16)12-5-3-11(4-6-12)13(10-17)8-9-13/h3-6H,2,7-9H2,1H3. The van der Waals surface area contributed by atoms with Gasteiger partial charge in [0.2, 0.25) is 0 Å². The number of nitriles is 1. The van der Waals surface area contributed by atoms with Gasteiger partial charge in [-0.05, 0) is 18.4 Å². The van der Waals surface area contributed by atoms with Crippen molar-refractivity contribution in [3.8, 4) is 6.07 Å². The van der Waals surface area contributed by atoms with Crippen molar-refractivity contribution in [1.82, 2.24) is 0 Å². The first-order chi connectivity index (χ1) is 8.04. The number of benzene rings is 1. The first-order valence-electron chi connectivity index (χ1n) is 5.94. The summed E-state index contributed by atoms with van der Waals surface area (Å²) >= 11 is 0. The van der Waals surface area contributed by atoms with E-state index in [9.17, 15) is 8.78 Å². The second kappa shape index (κ2) is 4.10. The van der Waals surface area contributed by atoms with Crippen molar-refractivity contribution in [2.75, 3.05) is 0 Å². The highest BCUT2D eigenvalue weighted by molar-refractivity contribution is 5.40. The number of hydrogen-bond donors (Lipinski definition) is 0. The zero-order valence-corrected chi connectivity index (χ0v) is 9.84. The highest BCUT2D eigenvalue weighted by Crippen LogP contribution is 2.47. The minimum atomic E-state index is -2.75. The minimum Gasteiger partial charge on any atom is -0.201 e. The highest BCUT2D eigenvalue weighted by atomic mass is 19.3. The zero-order chi connectivity index (χ0) is 12.5. The Balaban J connectivity index is 2.22. The van der Waals surface area contributed by atoms with E-state index in [4.69, 9.17) is 5.26 Å². The lowest BCUT2D eigenvalue weighted by Gasteiger charge is -2.16.